The van der Waals surface area contributed by atoms with E-state index in [1.54, 1.807) is 6.07 Å². The van der Waals surface area contributed by atoms with Crippen molar-refractivity contribution in [3.05, 3.63) is 71.0 Å². The van der Waals surface area contributed by atoms with Gasteiger partial charge in [-0.1, -0.05) is 42.0 Å². The molecule has 2 aromatic carbocycles. The molecule has 0 bridgehead atoms. The van der Waals surface area contributed by atoms with E-state index in [0.29, 0.717) is 12.0 Å². The number of carboxylic acids is 1. The third-order valence-corrected chi connectivity index (χ3v) is 3.11. The highest BCUT2D eigenvalue weighted by Crippen LogP contribution is 2.22. The summed E-state index contributed by atoms with van der Waals surface area (Å²) in [5.74, 6) is -2.07. The molecule has 98 valence electrons. The Morgan fingerprint density at radius 1 is 1.21 bits per heavy atom. The SMILES string of the molecule is Cc1ccc(CC(C(=O)O)c2cccc(F)c2)cc1. The van der Waals surface area contributed by atoms with Gasteiger partial charge >= 0.3 is 5.97 Å². The average Bonchev–Trinajstić information content (AvgIpc) is 2.37. The second-order valence-corrected chi connectivity index (χ2v) is 4.64. The molecule has 0 fully saturated rings. The maximum Gasteiger partial charge on any atom is 0.311 e. The van der Waals surface area contributed by atoms with E-state index in [2.05, 4.69) is 0 Å². The molecule has 0 aromatic heterocycles. The van der Waals surface area contributed by atoms with Gasteiger partial charge in [-0.05, 0) is 36.6 Å². The number of aliphatic carboxylic acids is 1. The van der Waals surface area contributed by atoms with Gasteiger partial charge in [0.2, 0.25) is 0 Å². The molecule has 1 atom stereocenters. The Balaban J connectivity index is 2.26. The Morgan fingerprint density at radius 2 is 1.89 bits per heavy atom. The smallest absolute Gasteiger partial charge is 0.311 e. The number of rotatable bonds is 4. The Morgan fingerprint density at radius 3 is 2.47 bits per heavy atom. The normalized spacial score (nSPS) is 12.1. The number of aryl methyl sites for hydroxylation is 1. The Labute approximate surface area is 111 Å². The van der Waals surface area contributed by atoms with Crippen LogP contribution in [0.25, 0.3) is 0 Å². The quantitative estimate of drug-likeness (QED) is 0.910. The van der Waals surface area contributed by atoms with Gasteiger partial charge in [-0.15, -0.1) is 0 Å². The summed E-state index contributed by atoms with van der Waals surface area (Å²) in [4.78, 5) is 11.4. The maximum atomic E-state index is 13.2. The minimum absolute atomic E-state index is 0.360. The van der Waals surface area contributed by atoms with Crippen LogP contribution in [-0.4, -0.2) is 11.1 Å². The van der Waals surface area contributed by atoms with E-state index in [9.17, 15) is 14.3 Å². The van der Waals surface area contributed by atoms with Gasteiger partial charge in [0, 0.05) is 0 Å². The lowest BCUT2D eigenvalue weighted by Crippen LogP contribution is -2.14. The molecule has 0 aliphatic carbocycles. The van der Waals surface area contributed by atoms with Crippen molar-refractivity contribution in [3.63, 3.8) is 0 Å². The third kappa shape index (κ3) is 3.41. The highest BCUT2D eigenvalue weighted by atomic mass is 19.1. The van der Waals surface area contributed by atoms with Crippen LogP contribution >= 0.6 is 0 Å². The van der Waals surface area contributed by atoms with Crippen LogP contribution in [0.2, 0.25) is 0 Å². The van der Waals surface area contributed by atoms with Crippen LogP contribution in [0.5, 0.6) is 0 Å². The van der Waals surface area contributed by atoms with Crippen LogP contribution in [0.3, 0.4) is 0 Å². The van der Waals surface area contributed by atoms with Gasteiger partial charge in [0.25, 0.3) is 0 Å². The van der Waals surface area contributed by atoms with Gasteiger partial charge in [0.1, 0.15) is 5.82 Å². The molecule has 0 spiro atoms. The first-order valence-corrected chi connectivity index (χ1v) is 6.10. The van der Waals surface area contributed by atoms with Gasteiger partial charge in [0.05, 0.1) is 5.92 Å². The summed E-state index contributed by atoms with van der Waals surface area (Å²) in [7, 11) is 0. The summed E-state index contributed by atoms with van der Waals surface area (Å²) in [6.45, 7) is 1.98. The number of hydrogen-bond acceptors (Lipinski definition) is 1. The summed E-state index contributed by atoms with van der Waals surface area (Å²) in [5.41, 5.74) is 2.55. The number of benzene rings is 2. The second-order valence-electron chi connectivity index (χ2n) is 4.64. The van der Waals surface area contributed by atoms with Gasteiger partial charge in [0.15, 0.2) is 0 Å². The zero-order valence-corrected chi connectivity index (χ0v) is 10.6. The lowest BCUT2D eigenvalue weighted by Gasteiger charge is -2.13. The van der Waals surface area contributed by atoms with Crippen molar-refractivity contribution in [2.75, 3.05) is 0 Å². The summed E-state index contributed by atoms with van der Waals surface area (Å²) in [5, 5.41) is 9.31. The molecule has 3 heteroatoms. The Hall–Kier alpha value is -2.16. The highest BCUT2D eigenvalue weighted by Gasteiger charge is 2.20. The monoisotopic (exact) mass is 258 g/mol. The molecule has 0 heterocycles. The lowest BCUT2D eigenvalue weighted by atomic mass is 9.92. The molecule has 1 unspecified atom stereocenters. The second kappa shape index (κ2) is 5.65. The molecule has 2 nitrogen and oxygen atoms in total. The van der Waals surface area contributed by atoms with Crippen LogP contribution in [-0.2, 0) is 11.2 Å². The standard InChI is InChI=1S/C16H15FO2/c1-11-5-7-12(8-6-11)9-15(16(18)19)13-3-2-4-14(17)10-13/h2-8,10,15H,9H2,1H3,(H,18,19). The summed E-state index contributed by atoms with van der Waals surface area (Å²) in [6, 6.07) is 13.5. The van der Waals surface area contributed by atoms with Crippen molar-refractivity contribution >= 4 is 5.97 Å². The molecule has 0 aliphatic heterocycles. The van der Waals surface area contributed by atoms with E-state index in [4.69, 9.17) is 0 Å². The topological polar surface area (TPSA) is 37.3 Å². The minimum atomic E-state index is -0.939. The van der Waals surface area contributed by atoms with Crippen LogP contribution < -0.4 is 0 Å². The number of carbonyl (C=O) groups is 1. The van der Waals surface area contributed by atoms with Crippen molar-refractivity contribution in [2.24, 2.45) is 0 Å². The molecule has 1 N–H and O–H groups in total. The highest BCUT2D eigenvalue weighted by molar-refractivity contribution is 5.76. The van der Waals surface area contributed by atoms with Gasteiger partial charge in [-0.3, -0.25) is 4.79 Å². The van der Waals surface area contributed by atoms with Crippen LogP contribution in [0.4, 0.5) is 4.39 Å². The third-order valence-electron chi connectivity index (χ3n) is 3.11. The van der Waals surface area contributed by atoms with E-state index in [0.717, 1.165) is 11.1 Å². The van der Waals surface area contributed by atoms with E-state index in [1.807, 2.05) is 31.2 Å². The Kier molecular flexibility index (Phi) is 3.95. The molecular weight excluding hydrogens is 243 g/mol. The summed E-state index contributed by atoms with van der Waals surface area (Å²) >= 11 is 0. The molecule has 0 radical (unpaired) electrons. The van der Waals surface area contributed by atoms with Gasteiger partial charge < -0.3 is 5.11 Å². The van der Waals surface area contributed by atoms with E-state index in [-0.39, 0.29) is 0 Å². The molecule has 0 aliphatic rings. The van der Waals surface area contributed by atoms with Crippen LogP contribution in [0, 0.1) is 12.7 Å². The zero-order chi connectivity index (χ0) is 13.8. The van der Waals surface area contributed by atoms with Crippen molar-refractivity contribution < 1.29 is 14.3 Å². The maximum absolute atomic E-state index is 13.2. The Bertz CT molecular complexity index is 576. The van der Waals surface area contributed by atoms with Crippen molar-refractivity contribution in [3.8, 4) is 0 Å². The van der Waals surface area contributed by atoms with Gasteiger partial charge in [-0.25, -0.2) is 4.39 Å². The zero-order valence-electron chi connectivity index (χ0n) is 10.6. The fourth-order valence-corrected chi connectivity index (χ4v) is 2.03. The van der Waals surface area contributed by atoms with Crippen molar-refractivity contribution in [2.45, 2.75) is 19.3 Å². The molecule has 0 amide bonds. The predicted octanol–water partition coefficient (Wildman–Crippen LogP) is 3.55. The molecular formula is C16H15FO2. The summed E-state index contributed by atoms with van der Waals surface area (Å²) in [6.07, 6.45) is 0.360. The average molecular weight is 258 g/mol. The fourth-order valence-electron chi connectivity index (χ4n) is 2.03. The molecule has 0 saturated carbocycles. The number of carboxylic acid groups (broad SMARTS) is 1. The van der Waals surface area contributed by atoms with Crippen molar-refractivity contribution in [1.82, 2.24) is 0 Å². The largest absolute Gasteiger partial charge is 0.481 e. The first kappa shape index (κ1) is 13.3. The fraction of sp³-hybridized carbons (Fsp3) is 0.188. The molecule has 19 heavy (non-hydrogen) atoms. The first-order valence-electron chi connectivity index (χ1n) is 6.10. The van der Waals surface area contributed by atoms with Crippen LogP contribution in [0.15, 0.2) is 48.5 Å². The van der Waals surface area contributed by atoms with E-state index in [1.165, 1.54) is 18.2 Å². The molecule has 0 saturated heterocycles. The van der Waals surface area contributed by atoms with E-state index >= 15 is 0 Å². The first-order chi connectivity index (χ1) is 9.06. The summed E-state index contributed by atoms with van der Waals surface area (Å²) < 4.78 is 13.2. The number of hydrogen-bond donors (Lipinski definition) is 1. The van der Waals surface area contributed by atoms with Gasteiger partial charge in [-0.2, -0.15) is 0 Å². The van der Waals surface area contributed by atoms with Crippen molar-refractivity contribution in [1.29, 1.82) is 0 Å². The number of halogens is 1. The molecule has 2 rings (SSSR count). The van der Waals surface area contributed by atoms with Crippen LogP contribution in [0.1, 0.15) is 22.6 Å². The minimum Gasteiger partial charge on any atom is -0.481 e. The molecule has 2 aromatic rings. The van der Waals surface area contributed by atoms with E-state index < -0.39 is 17.7 Å². The lowest BCUT2D eigenvalue weighted by molar-refractivity contribution is -0.138. The predicted molar refractivity (Wildman–Crippen MR) is 71.7 cm³/mol.